The van der Waals surface area contributed by atoms with Crippen molar-refractivity contribution < 1.29 is 8.42 Å². The lowest BCUT2D eigenvalue weighted by Gasteiger charge is -2.09. The molecule has 5 heteroatoms. The monoisotopic (exact) mass is 312 g/mol. The van der Waals surface area contributed by atoms with E-state index in [-0.39, 0.29) is 5.75 Å². The molecular weight excluding hydrogens is 296 g/mol. The third-order valence-electron chi connectivity index (χ3n) is 3.24. The predicted octanol–water partition coefficient (Wildman–Crippen LogP) is 3.42. The highest BCUT2D eigenvalue weighted by Gasteiger charge is 2.11. The van der Waals surface area contributed by atoms with Gasteiger partial charge in [0.1, 0.15) is 0 Å². The van der Waals surface area contributed by atoms with Crippen molar-refractivity contribution >= 4 is 15.7 Å². The van der Waals surface area contributed by atoms with Gasteiger partial charge in [-0.2, -0.15) is 0 Å². The lowest BCUT2D eigenvalue weighted by Crippen LogP contribution is -2.15. The van der Waals surface area contributed by atoms with Crippen LogP contribution in [0.3, 0.4) is 0 Å². The molecule has 22 heavy (non-hydrogen) atoms. The molecule has 0 unspecified atom stereocenters. The van der Waals surface area contributed by atoms with Crippen molar-refractivity contribution in [1.29, 1.82) is 0 Å². The summed E-state index contributed by atoms with van der Waals surface area (Å²) >= 11 is 0. The minimum absolute atomic E-state index is 0.0345. The van der Waals surface area contributed by atoms with Crippen LogP contribution in [0.15, 0.2) is 79.1 Å². The summed E-state index contributed by atoms with van der Waals surface area (Å²) in [5.74, 6) is -0.0345. The molecule has 0 amide bonds. The van der Waals surface area contributed by atoms with Crippen molar-refractivity contribution in [3.05, 3.63) is 84.7 Å². The Labute approximate surface area is 130 Å². The van der Waals surface area contributed by atoms with Crippen LogP contribution in [0, 0.1) is 0 Å². The van der Waals surface area contributed by atoms with Crippen LogP contribution in [-0.2, 0) is 15.8 Å². The van der Waals surface area contributed by atoms with Gasteiger partial charge in [-0.1, -0.05) is 30.3 Å². The minimum atomic E-state index is -3.41. The van der Waals surface area contributed by atoms with Gasteiger partial charge in [-0.05, 0) is 42.0 Å². The standard InChI is InChI=1S/C17H16N2O2S/c20-22(21,14-15-6-2-1-3-7-15)18-16-8-10-17(11-9-16)19-12-4-5-13-19/h1-13,18H,14H2. The van der Waals surface area contributed by atoms with Gasteiger partial charge in [0, 0.05) is 23.8 Å². The zero-order valence-electron chi connectivity index (χ0n) is 11.9. The smallest absolute Gasteiger partial charge is 0.236 e. The Bertz CT molecular complexity index is 824. The molecule has 3 aromatic rings. The first-order chi connectivity index (χ1) is 10.6. The molecule has 0 bridgehead atoms. The fraction of sp³-hybridized carbons (Fsp3) is 0.0588. The zero-order valence-corrected chi connectivity index (χ0v) is 12.7. The van der Waals surface area contributed by atoms with Gasteiger partial charge in [-0.3, -0.25) is 4.72 Å². The average molecular weight is 312 g/mol. The molecule has 0 radical (unpaired) electrons. The first kappa shape index (κ1) is 14.4. The Morgan fingerprint density at radius 2 is 1.45 bits per heavy atom. The average Bonchev–Trinajstić information content (AvgIpc) is 3.02. The van der Waals surface area contributed by atoms with Crippen LogP contribution in [0.1, 0.15) is 5.56 Å². The second kappa shape index (κ2) is 6.07. The Balaban J connectivity index is 1.72. The van der Waals surface area contributed by atoms with Gasteiger partial charge in [0.15, 0.2) is 0 Å². The molecule has 112 valence electrons. The number of sulfonamides is 1. The van der Waals surface area contributed by atoms with Crippen LogP contribution in [0.2, 0.25) is 0 Å². The summed E-state index contributed by atoms with van der Waals surface area (Å²) in [6.07, 6.45) is 3.88. The largest absolute Gasteiger partial charge is 0.324 e. The quantitative estimate of drug-likeness (QED) is 0.785. The van der Waals surface area contributed by atoms with Crippen molar-refractivity contribution in [3.8, 4) is 5.69 Å². The first-order valence-electron chi connectivity index (χ1n) is 6.90. The van der Waals surface area contributed by atoms with Crippen molar-refractivity contribution in [3.63, 3.8) is 0 Å². The maximum absolute atomic E-state index is 12.2. The minimum Gasteiger partial charge on any atom is -0.324 e. The van der Waals surface area contributed by atoms with E-state index in [4.69, 9.17) is 0 Å². The van der Waals surface area contributed by atoms with Gasteiger partial charge in [0.2, 0.25) is 10.0 Å². The molecule has 1 aromatic heterocycles. The fourth-order valence-corrected chi connectivity index (χ4v) is 3.42. The number of benzene rings is 2. The molecular formula is C17H16N2O2S. The summed E-state index contributed by atoms with van der Waals surface area (Å²) in [5, 5.41) is 0. The third-order valence-corrected chi connectivity index (χ3v) is 4.50. The molecule has 3 rings (SSSR count). The molecule has 0 saturated carbocycles. The van der Waals surface area contributed by atoms with Crippen molar-refractivity contribution in [2.45, 2.75) is 5.75 Å². The number of hydrogen-bond acceptors (Lipinski definition) is 2. The second-order valence-electron chi connectivity index (χ2n) is 4.98. The Hall–Kier alpha value is -2.53. The number of rotatable bonds is 5. The third kappa shape index (κ3) is 3.56. The summed E-state index contributed by atoms with van der Waals surface area (Å²) < 4.78 is 28.9. The van der Waals surface area contributed by atoms with Crippen molar-refractivity contribution in [2.24, 2.45) is 0 Å². The molecule has 1 N–H and O–H groups in total. The molecule has 1 heterocycles. The van der Waals surface area contributed by atoms with Crippen LogP contribution in [0.4, 0.5) is 5.69 Å². The van der Waals surface area contributed by atoms with E-state index in [1.54, 1.807) is 24.3 Å². The van der Waals surface area contributed by atoms with Gasteiger partial charge in [-0.25, -0.2) is 8.42 Å². The molecule has 4 nitrogen and oxygen atoms in total. The molecule has 0 fully saturated rings. The highest BCUT2D eigenvalue weighted by molar-refractivity contribution is 7.91. The summed E-state index contributed by atoms with van der Waals surface area (Å²) in [6.45, 7) is 0. The van der Waals surface area contributed by atoms with Gasteiger partial charge in [0.25, 0.3) is 0 Å². The van der Waals surface area contributed by atoms with Crippen molar-refractivity contribution in [1.82, 2.24) is 4.57 Å². The first-order valence-corrected chi connectivity index (χ1v) is 8.55. The van der Waals surface area contributed by atoms with Crippen molar-refractivity contribution in [2.75, 3.05) is 4.72 Å². The summed E-state index contributed by atoms with van der Waals surface area (Å²) in [7, 11) is -3.41. The maximum atomic E-state index is 12.2. The van der Waals surface area contributed by atoms with Gasteiger partial charge in [-0.15, -0.1) is 0 Å². The zero-order chi connectivity index (χ0) is 15.4. The normalized spacial score (nSPS) is 11.3. The summed E-state index contributed by atoms with van der Waals surface area (Å²) in [6, 6.07) is 20.3. The van der Waals surface area contributed by atoms with E-state index in [0.717, 1.165) is 11.3 Å². The molecule has 0 saturated heterocycles. The van der Waals surface area contributed by atoms with Gasteiger partial charge < -0.3 is 4.57 Å². The lowest BCUT2D eigenvalue weighted by atomic mass is 10.2. The number of nitrogens with one attached hydrogen (secondary N) is 1. The van der Waals surface area contributed by atoms with E-state index in [9.17, 15) is 8.42 Å². The van der Waals surface area contributed by atoms with E-state index < -0.39 is 10.0 Å². The topological polar surface area (TPSA) is 51.1 Å². The number of anilines is 1. The number of aromatic nitrogens is 1. The second-order valence-corrected chi connectivity index (χ2v) is 6.71. The van der Waals surface area contributed by atoms with Crippen LogP contribution in [0.25, 0.3) is 5.69 Å². The molecule has 2 aromatic carbocycles. The molecule has 0 spiro atoms. The van der Waals surface area contributed by atoms with E-state index >= 15 is 0 Å². The number of hydrogen-bond donors (Lipinski definition) is 1. The Kier molecular flexibility index (Phi) is 3.98. The lowest BCUT2D eigenvalue weighted by molar-refractivity contribution is 0.600. The fourth-order valence-electron chi connectivity index (χ4n) is 2.22. The predicted molar refractivity (Wildman–Crippen MR) is 88.5 cm³/mol. The highest BCUT2D eigenvalue weighted by atomic mass is 32.2. The SMILES string of the molecule is O=S(=O)(Cc1ccccc1)Nc1ccc(-n2cccc2)cc1. The van der Waals surface area contributed by atoms with Gasteiger partial charge in [0.05, 0.1) is 5.75 Å². The summed E-state index contributed by atoms with van der Waals surface area (Å²) in [4.78, 5) is 0. The van der Waals surface area contributed by atoms with Crippen LogP contribution in [-0.4, -0.2) is 13.0 Å². The molecule has 0 aliphatic carbocycles. The van der Waals surface area contributed by atoms with E-state index in [1.165, 1.54) is 0 Å². The number of nitrogens with zero attached hydrogens (tertiary/aromatic N) is 1. The molecule has 0 atom stereocenters. The van der Waals surface area contributed by atoms with Crippen LogP contribution >= 0.6 is 0 Å². The van der Waals surface area contributed by atoms with Crippen LogP contribution in [0.5, 0.6) is 0 Å². The highest BCUT2D eigenvalue weighted by Crippen LogP contribution is 2.16. The van der Waals surface area contributed by atoms with E-state index in [0.29, 0.717) is 5.69 Å². The molecule has 0 aliphatic rings. The Morgan fingerprint density at radius 3 is 2.09 bits per heavy atom. The van der Waals surface area contributed by atoms with Gasteiger partial charge >= 0.3 is 0 Å². The Morgan fingerprint density at radius 1 is 0.818 bits per heavy atom. The summed E-state index contributed by atoms with van der Waals surface area (Å²) in [5.41, 5.74) is 2.31. The maximum Gasteiger partial charge on any atom is 0.236 e. The van der Waals surface area contributed by atoms with Crippen LogP contribution < -0.4 is 4.72 Å². The van der Waals surface area contributed by atoms with E-state index in [1.807, 2.05) is 59.4 Å². The van der Waals surface area contributed by atoms with E-state index in [2.05, 4.69) is 4.72 Å². The molecule has 0 aliphatic heterocycles.